The third-order valence-electron chi connectivity index (χ3n) is 3.81. The number of carbonyl (C=O) groups is 6. The minimum Gasteiger partial charge on any atom is -0.481 e. The van der Waals surface area contributed by atoms with Crippen LogP contribution in [0.2, 0.25) is 0 Å². The van der Waals surface area contributed by atoms with Gasteiger partial charge in [0.2, 0.25) is 11.8 Å². The average Bonchev–Trinajstić information content (AvgIpc) is 2.61. The van der Waals surface area contributed by atoms with Crippen LogP contribution in [0.4, 0.5) is 0 Å². The molecule has 3 unspecified atom stereocenters. The quantitative estimate of drug-likeness (QED) is 0.159. The average molecular weight is 419 g/mol. The van der Waals surface area contributed by atoms with E-state index in [0.29, 0.717) is 0 Å². The molecule has 0 bridgehead atoms. The Balaban J connectivity index is 4.54. The fraction of sp³-hybridized carbons (Fsp3) is 0.625. The second-order valence-corrected chi connectivity index (χ2v) is 6.22. The van der Waals surface area contributed by atoms with E-state index in [0.717, 1.165) is 0 Å². The predicted molar refractivity (Wildman–Crippen MR) is 94.7 cm³/mol. The van der Waals surface area contributed by atoms with E-state index in [2.05, 4.69) is 10.6 Å². The predicted octanol–water partition coefficient (Wildman–Crippen LogP) is -1.65. The number of aliphatic carboxylic acids is 4. The molecule has 0 heterocycles. The number of carboxylic acid groups (broad SMARTS) is 4. The third-order valence-corrected chi connectivity index (χ3v) is 3.81. The van der Waals surface area contributed by atoms with Gasteiger partial charge in [-0.25, -0.2) is 9.59 Å². The van der Waals surface area contributed by atoms with Crippen molar-refractivity contribution in [1.29, 1.82) is 0 Å². The van der Waals surface area contributed by atoms with Crippen molar-refractivity contribution in [1.82, 2.24) is 10.6 Å². The second kappa shape index (κ2) is 13.0. The summed E-state index contributed by atoms with van der Waals surface area (Å²) in [6, 6.07) is -4.04. The number of rotatable bonds is 15. The molecule has 2 amide bonds. The molecule has 0 spiro atoms. The Hall–Kier alpha value is -3.22. The zero-order chi connectivity index (χ0) is 22.6. The van der Waals surface area contributed by atoms with E-state index in [4.69, 9.17) is 26.2 Å². The number of amides is 2. The summed E-state index contributed by atoms with van der Waals surface area (Å²) < 4.78 is 0. The summed E-state index contributed by atoms with van der Waals surface area (Å²) in [7, 11) is 0. The summed E-state index contributed by atoms with van der Waals surface area (Å²) in [6.07, 6.45) is -1.62. The smallest absolute Gasteiger partial charge is 0.326 e. The van der Waals surface area contributed by atoms with Crippen LogP contribution in [-0.4, -0.2) is 74.2 Å². The molecule has 0 radical (unpaired) electrons. The van der Waals surface area contributed by atoms with Crippen LogP contribution >= 0.6 is 0 Å². The molecule has 0 saturated heterocycles. The number of hydrogen-bond donors (Lipinski definition) is 7. The molecule has 0 rings (SSSR count). The summed E-state index contributed by atoms with van der Waals surface area (Å²) in [5, 5.41) is 39.7. The van der Waals surface area contributed by atoms with E-state index in [-0.39, 0.29) is 38.5 Å². The molecule has 3 atom stereocenters. The summed E-state index contributed by atoms with van der Waals surface area (Å²) in [6.45, 7) is 0. The molecule has 0 aromatic carbocycles. The van der Waals surface area contributed by atoms with Crippen molar-refractivity contribution in [2.24, 2.45) is 5.73 Å². The van der Waals surface area contributed by atoms with Gasteiger partial charge in [-0.05, 0) is 25.7 Å². The minimum atomic E-state index is -1.44. The van der Waals surface area contributed by atoms with Crippen molar-refractivity contribution < 1.29 is 49.2 Å². The Morgan fingerprint density at radius 3 is 1.52 bits per heavy atom. The van der Waals surface area contributed by atoms with Crippen LogP contribution < -0.4 is 16.4 Å². The van der Waals surface area contributed by atoms with Crippen LogP contribution in [0.5, 0.6) is 0 Å². The van der Waals surface area contributed by atoms with E-state index in [1.807, 2.05) is 0 Å². The molecule has 0 aromatic heterocycles. The van der Waals surface area contributed by atoms with E-state index in [9.17, 15) is 28.8 Å². The van der Waals surface area contributed by atoms with Crippen LogP contribution in [-0.2, 0) is 28.8 Å². The molecule has 13 nitrogen and oxygen atoms in total. The summed E-state index contributed by atoms with van der Waals surface area (Å²) in [4.78, 5) is 67.0. The maximum atomic E-state index is 11.9. The number of hydrogen-bond acceptors (Lipinski definition) is 7. The zero-order valence-corrected chi connectivity index (χ0v) is 15.5. The summed E-state index contributed by atoms with van der Waals surface area (Å²) in [5.74, 6) is -6.73. The van der Waals surface area contributed by atoms with Gasteiger partial charge < -0.3 is 36.8 Å². The minimum absolute atomic E-state index is 0.0267. The first-order valence-corrected chi connectivity index (χ1v) is 8.68. The van der Waals surface area contributed by atoms with E-state index in [1.54, 1.807) is 0 Å². The largest absolute Gasteiger partial charge is 0.481 e. The monoisotopic (exact) mass is 419 g/mol. The van der Waals surface area contributed by atoms with Gasteiger partial charge in [0.25, 0.3) is 0 Å². The number of nitrogens with one attached hydrogen (secondary N) is 2. The highest BCUT2D eigenvalue weighted by Gasteiger charge is 2.24. The van der Waals surface area contributed by atoms with Crippen molar-refractivity contribution in [2.75, 3.05) is 0 Å². The van der Waals surface area contributed by atoms with Gasteiger partial charge in [-0.2, -0.15) is 0 Å². The van der Waals surface area contributed by atoms with Crippen molar-refractivity contribution in [3.63, 3.8) is 0 Å². The molecule has 29 heavy (non-hydrogen) atoms. The summed E-state index contributed by atoms with van der Waals surface area (Å²) >= 11 is 0. The van der Waals surface area contributed by atoms with Gasteiger partial charge in [-0.3, -0.25) is 19.2 Å². The van der Waals surface area contributed by atoms with Gasteiger partial charge in [0.15, 0.2) is 0 Å². The molecule has 13 heteroatoms. The zero-order valence-electron chi connectivity index (χ0n) is 15.5. The Kier molecular flexibility index (Phi) is 11.6. The first kappa shape index (κ1) is 25.8. The standard InChI is InChI=1S/C16H25N3O10/c17-8(14(24)25)4-6-11(20)19-10(16(28)29)5-7-12(21)18-9(15(26)27)2-1-3-13(22)23/h8-10H,1-7,17H2,(H,18,21)(H,19,20)(H,22,23)(H,24,25)(H,26,27)(H,28,29). The van der Waals surface area contributed by atoms with Gasteiger partial charge in [-0.15, -0.1) is 0 Å². The Bertz CT molecular complexity index is 636. The van der Waals surface area contributed by atoms with Crippen LogP contribution in [0.25, 0.3) is 0 Å². The van der Waals surface area contributed by atoms with Crippen LogP contribution in [0.3, 0.4) is 0 Å². The molecule has 0 saturated carbocycles. The number of nitrogens with two attached hydrogens (primary N) is 1. The van der Waals surface area contributed by atoms with E-state index < -0.39 is 60.2 Å². The molecule has 0 fully saturated rings. The van der Waals surface area contributed by atoms with Gasteiger partial charge in [-0.1, -0.05) is 0 Å². The van der Waals surface area contributed by atoms with Crippen molar-refractivity contribution in [3.05, 3.63) is 0 Å². The van der Waals surface area contributed by atoms with Crippen molar-refractivity contribution in [2.45, 2.75) is 63.1 Å². The lowest BCUT2D eigenvalue weighted by atomic mass is 10.1. The molecular formula is C16H25N3O10. The van der Waals surface area contributed by atoms with Gasteiger partial charge in [0.05, 0.1) is 0 Å². The fourth-order valence-corrected chi connectivity index (χ4v) is 2.19. The second-order valence-electron chi connectivity index (χ2n) is 6.22. The Labute approximate surface area is 165 Å². The Morgan fingerprint density at radius 1 is 0.655 bits per heavy atom. The van der Waals surface area contributed by atoms with E-state index in [1.165, 1.54) is 0 Å². The number of carboxylic acids is 4. The molecular weight excluding hydrogens is 394 g/mol. The molecule has 0 aliphatic rings. The van der Waals surface area contributed by atoms with Gasteiger partial charge in [0, 0.05) is 19.3 Å². The SMILES string of the molecule is NC(CCC(=O)NC(CCC(=O)NC(CCCC(=O)O)C(=O)O)C(=O)O)C(=O)O. The fourth-order valence-electron chi connectivity index (χ4n) is 2.19. The topological polar surface area (TPSA) is 233 Å². The summed E-state index contributed by atoms with van der Waals surface area (Å²) in [5.41, 5.74) is 5.25. The van der Waals surface area contributed by atoms with Crippen molar-refractivity contribution >= 4 is 35.7 Å². The highest BCUT2D eigenvalue weighted by atomic mass is 16.4. The molecule has 8 N–H and O–H groups in total. The lowest BCUT2D eigenvalue weighted by Crippen LogP contribution is -2.44. The molecule has 0 aromatic rings. The van der Waals surface area contributed by atoms with Crippen LogP contribution in [0.15, 0.2) is 0 Å². The van der Waals surface area contributed by atoms with Crippen LogP contribution in [0.1, 0.15) is 44.9 Å². The lowest BCUT2D eigenvalue weighted by Gasteiger charge is -2.17. The highest BCUT2D eigenvalue weighted by molar-refractivity contribution is 5.86. The van der Waals surface area contributed by atoms with E-state index >= 15 is 0 Å². The Morgan fingerprint density at radius 2 is 1.10 bits per heavy atom. The maximum absolute atomic E-state index is 11.9. The molecule has 0 aliphatic carbocycles. The van der Waals surface area contributed by atoms with Gasteiger partial charge in [0.1, 0.15) is 18.1 Å². The van der Waals surface area contributed by atoms with Crippen molar-refractivity contribution in [3.8, 4) is 0 Å². The first-order valence-electron chi connectivity index (χ1n) is 8.68. The molecule has 0 aliphatic heterocycles. The lowest BCUT2D eigenvalue weighted by molar-refractivity contribution is -0.143. The maximum Gasteiger partial charge on any atom is 0.326 e. The highest BCUT2D eigenvalue weighted by Crippen LogP contribution is 2.05. The van der Waals surface area contributed by atoms with Gasteiger partial charge >= 0.3 is 23.9 Å². The normalized spacial score (nSPS) is 13.6. The first-order chi connectivity index (χ1) is 13.4. The number of carbonyl (C=O) groups excluding carboxylic acids is 2. The third kappa shape index (κ3) is 12.0. The van der Waals surface area contributed by atoms with Crippen LogP contribution in [0, 0.1) is 0 Å². The molecule has 164 valence electrons.